The van der Waals surface area contributed by atoms with E-state index in [-0.39, 0.29) is 5.82 Å². The van der Waals surface area contributed by atoms with Crippen LogP contribution < -0.4 is 11.1 Å². The molecule has 16 heavy (non-hydrogen) atoms. The lowest BCUT2D eigenvalue weighted by Gasteiger charge is -2.08. The number of anilines is 2. The summed E-state index contributed by atoms with van der Waals surface area (Å²) < 4.78 is 12.9. The van der Waals surface area contributed by atoms with E-state index < -0.39 is 0 Å². The molecular weight excluding hydrogens is 205 g/mol. The van der Waals surface area contributed by atoms with Crippen molar-refractivity contribution in [2.75, 3.05) is 11.1 Å². The third kappa shape index (κ3) is 2.48. The van der Waals surface area contributed by atoms with Crippen LogP contribution in [0.5, 0.6) is 0 Å². The standard InChI is InChI=1S/C12H12FN3/c13-10-3-1-2-9(6-10)7-16-12-4-5-15-8-11(12)14/h1-6,8H,7,14H2,(H,15,16). The Bertz CT molecular complexity index is 485. The predicted molar refractivity (Wildman–Crippen MR) is 62.4 cm³/mol. The summed E-state index contributed by atoms with van der Waals surface area (Å²) in [5.74, 6) is -0.234. The van der Waals surface area contributed by atoms with Crippen LogP contribution in [-0.2, 0) is 6.54 Å². The quantitative estimate of drug-likeness (QED) is 0.830. The van der Waals surface area contributed by atoms with E-state index in [0.717, 1.165) is 11.3 Å². The Morgan fingerprint density at radius 1 is 1.31 bits per heavy atom. The molecule has 3 N–H and O–H groups in total. The van der Waals surface area contributed by atoms with Crippen LogP contribution in [0, 0.1) is 5.82 Å². The molecule has 0 aliphatic rings. The van der Waals surface area contributed by atoms with E-state index in [9.17, 15) is 4.39 Å². The molecule has 0 bridgehead atoms. The van der Waals surface area contributed by atoms with Gasteiger partial charge in [0.2, 0.25) is 0 Å². The summed E-state index contributed by atoms with van der Waals surface area (Å²) in [6.45, 7) is 0.534. The van der Waals surface area contributed by atoms with Gasteiger partial charge in [0, 0.05) is 12.7 Å². The Labute approximate surface area is 93.1 Å². The van der Waals surface area contributed by atoms with E-state index in [2.05, 4.69) is 10.3 Å². The smallest absolute Gasteiger partial charge is 0.123 e. The summed E-state index contributed by atoms with van der Waals surface area (Å²) in [5, 5.41) is 3.12. The van der Waals surface area contributed by atoms with Gasteiger partial charge in [0.1, 0.15) is 5.82 Å². The summed E-state index contributed by atoms with van der Waals surface area (Å²) in [6, 6.07) is 8.24. The fourth-order valence-electron chi connectivity index (χ4n) is 1.41. The first-order valence-corrected chi connectivity index (χ1v) is 4.93. The van der Waals surface area contributed by atoms with E-state index >= 15 is 0 Å². The molecule has 0 atom stereocenters. The van der Waals surface area contributed by atoms with Crippen LogP contribution in [0.4, 0.5) is 15.8 Å². The fourth-order valence-corrected chi connectivity index (χ4v) is 1.41. The number of nitrogens with zero attached hydrogens (tertiary/aromatic N) is 1. The zero-order valence-corrected chi connectivity index (χ0v) is 8.65. The van der Waals surface area contributed by atoms with Crippen molar-refractivity contribution in [1.29, 1.82) is 0 Å². The number of nitrogen functional groups attached to an aromatic ring is 1. The van der Waals surface area contributed by atoms with Crippen molar-refractivity contribution < 1.29 is 4.39 Å². The highest BCUT2D eigenvalue weighted by molar-refractivity contribution is 5.64. The van der Waals surface area contributed by atoms with E-state index in [1.54, 1.807) is 24.5 Å². The maximum absolute atomic E-state index is 12.9. The largest absolute Gasteiger partial charge is 0.396 e. The van der Waals surface area contributed by atoms with Crippen molar-refractivity contribution in [1.82, 2.24) is 4.98 Å². The summed E-state index contributed by atoms with van der Waals surface area (Å²) in [5.41, 5.74) is 7.97. The fraction of sp³-hybridized carbons (Fsp3) is 0.0833. The molecule has 2 rings (SSSR count). The minimum absolute atomic E-state index is 0.234. The molecule has 0 saturated heterocycles. The second-order valence-electron chi connectivity index (χ2n) is 3.45. The minimum Gasteiger partial charge on any atom is -0.396 e. The van der Waals surface area contributed by atoms with Gasteiger partial charge in [-0.25, -0.2) is 4.39 Å². The normalized spacial score (nSPS) is 10.1. The van der Waals surface area contributed by atoms with Gasteiger partial charge in [-0.1, -0.05) is 12.1 Å². The molecule has 0 radical (unpaired) electrons. The minimum atomic E-state index is -0.234. The Hall–Kier alpha value is -2.10. The maximum Gasteiger partial charge on any atom is 0.123 e. The lowest BCUT2D eigenvalue weighted by molar-refractivity contribution is 0.626. The molecule has 1 heterocycles. The SMILES string of the molecule is Nc1cnccc1NCc1cccc(F)c1. The first kappa shape index (κ1) is 10.4. The number of hydrogen-bond acceptors (Lipinski definition) is 3. The third-order valence-corrected chi connectivity index (χ3v) is 2.22. The van der Waals surface area contributed by atoms with E-state index in [1.165, 1.54) is 12.1 Å². The highest BCUT2D eigenvalue weighted by Crippen LogP contribution is 2.16. The van der Waals surface area contributed by atoms with Gasteiger partial charge in [0.05, 0.1) is 17.6 Å². The van der Waals surface area contributed by atoms with Crippen molar-refractivity contribution in [3.05, 3.63) is 54.1 Å². The van der Waals surface area contributed by atoms with Crippen LogP contribution in [0.1, 0.15) is 5.56 Å². The number of aromatic nitrogens is 1. The number of halogens is 1. The predicted octanol–water partition coefficient (Wildman–Crippen LogP) is 2.42. The topological polar surface area (TPSA) is 50.9 Å². The molecule has 0 unspecified atom stereocenters. The van der Waals surface area contributed by atoms with Crippen molar-refractivity contribution in [2.45, 2.75) is 6.54 Å². The number of benzene rings is 1. The highest BCUT2D eigenvalue weighted by atomic mass is 19.1. The van der Waals surface area contributed by atoms with Crippen molar-refractivity contribution >= 4 is 11.4 Å². The van der Waals surface area contributed by atoms with Crippen molar-refractivity contribution in [2.24, 2.45) is 0 Å². The molecule has 0 aliphatic heterocycles. The molecule has 1 aromatic heterocycles. The van der Waals surface area contributed by atoms with Crippen LogP contribution in [0.2, 0.25) is 0 Å². The summed E-state index contributed by atoms with van der Waals surface area (Å²) in [7, 11) is 0. The molecule has 3 nitrogen and oxygen atoms in total. The number of nitrogens with two attached hydrogens (primary N) is 1. The summed E-state index contributed by atoms with van der Waals surface area (Å²) in [6.07, 6.45) is 3.23. The van der Waals surface area contributed by atoms with E-state index in [0.29, 0.717) is 12.2 Å². The summed E-state index contributed by atoms with van der Waals surface area (Å²) in [4.78, 5) is 3.89. The van der Waals surface area contributed by atoms with Gasteiger partial charge < -0.3 is 11.1 Å². The van der Waals surface area contributed by atoms with Gasteiger partial charge in [-0.15, -0.1) is 0 Å². The monoisotopic (exact) mass is 217 g/mol. The van der Waals surface area contributed by atoms with Crippen LogP contribution in [0.25, 0.3) is 0 Å². The van der Waals surface area contributed by atoms with Gasteiger partial charge in [-0.2, -0.15) is 0 Å². The van der Waals surface area contributed by atoms with E-state index in [1.807, 2.05) is 6.07 Å². The van der Waals surface area contributed by atoms with E-state index in [4.69, 9.17) is 5.73 Å². The highest BCUT2D eigenvalue weighted by Gasteiger charge is 1.98. The number of rotatable bonds is 3. The molecule has 0 aliphatic carbocycles. The zero-order chi connectivity index (χ0) is 11.4. The maximum atomic E-state index is 12.9. The van der Waals surface area contributed by atoms with Crippen LogP contribution in [0.3, 0.4) is 0 Å². The molecule has 0 spiro atoms. The number of hydrogen-bond donors (Lipinski definition) is 2. The lowest BCUT2D eigenvalue weighted by Crippen LogP contribution is -2.02. The average Bonchev–Trinajstić information content (AvgIpc) is 2.28. The first-order chi connectivity index (χ1) is 7.75. The first-order valence-electron chi connectivity index (χ1n) is 4.93. The second kappa shape index (κ2) is 4.61. The number of pyridine rings is 1. The molecule has 0 saturated carbocycles. The molecule has 2 aromatic rings. The zero-order valence-electron chi connectivity index (χ0n) is 8.65. The molecule has 4 heteroatoms. The Kier molecular flexibility index (Phi) is 3.00. The second-order valence-corrected chi connectivity index (χ2v) is 3.45. The molecule has 1 aromatic carbocycles. The molecule has 82 valence electrons. The molecule has 0 fully saturated rings. The lowest BCUT2D eigenvalue weighted by atomic mass is 10.2. The van der Waals surface area contributed by atoms with Gasteiger partial charge in [0.15, 0.2) is 0 Å². The van der Waals surface area contributed by atoms with Gasteiger partial charge >= 0.3 is 0 Å². The average molecular weight is 217 g/mol. The molecule has 0 amide bonds. The third-order valence-electron chi connectivity index (χ3n) is 2.22. The Morgan fingerprint density at radius 3 is 2.94 bits per heavy atom. The van der Waals surface area contributed by atoms with Gasteiger partial charge in [-0.3, -0.25) is 4.98 Å². The Morgan fingerprint density at radius 2 is 2.19 bits per heavy atom. The summed E-state index contributed by atoms with van der Waals surface area (Å²) >= 11 is 0. The van der Waals surface area contributed by atoms with Crippen LogP contribution in [0.15, 0.2) is 42.7 Å². The number of nitrogens with one attached hydrogen (secondary N) is 1. The van der Waals surface area contributed by atoms with Crippen molar-refractivity contribution in [3.63, 3.8) is 0 Å². The van der Waals surface area contributed by atoms with Crippen molar-refractivity contribution in [3.8, 4) is 0 Å². The van der Waals surface area contributed by atoms with Gasteiger partial charge in [0.25, 0.3) is 0 Å². The Balaban J connectivity index is 2.05. The van der Waals surface area contributed by atoms with Gasteiger partial charge in [-0.05, 0) is 23.8 Å². The van der Waals surface area contributed by atoms with Crippen LogP contribution >= 0.6 is 0 Å². The molecular formula is C12H12FN3. The van der Waals surface area contributed by atoms with Crippen LogP contribution in [-0.4, -0.2) is 4.98 Å².